The minimum absolute atomic E-state index is 0.0337. The van der Waals surface area contributed by atoms with Gasteiger partial charge in [-0.2, -0.15) is 0 Å². The summed E-state index contributed by atoms with van der Waals surface area (Å²) in [4.78, 5) is 18.0. The number of fused-ring (bicyclic) bond motifs is 1. The van der Waals surface area contributed by atoms with Crippen LogP contribution >= 0.6 is 11.6 Å². The molecule has 0 spiro atoms. The Balaban J connectivity index is 1.89. The molecule has 0 saturated heterocycles. The third-order valence-corrected chi connectivity index (χ3v) is 3.58. The normalized spacial score (nSPS) is 17.2. The van der Waals surface area contributed by atoms with Crippen LogP contribution in [0.3, 0.4) is 0 Å². The summed E-state index contributed by atoms with van der Waals surface area (Å²) in [6, 6.07) is 5.50. The highest BCUT2D eigenvalue weighted by molar-refractivity contribution is 6.30. The number of rotatable bonds is 2. The molecular formula is C13H12ClN3O2. The van der Waals surface area contributed by atoms with Gasteiger partial charge >= 0.3 is 0 Å². The topological polar surface area (TPSA) is 78.0 Å². The van der Waals surface area contributed by atoms with Crippen molar-refractivity contribution < 1.29 is 5.11 Å². The molecule has 0 radical (unpaired) electrons. The van der Waals surface area contributed by atoms with Crippen LogP contribution in [-0.4, -0.2) is 15.1 Å². The van der Waals surface area contributed by atoms with Gasteiger partial charge in [-0.05, 0) is 30.0 Å². The monoisotopic (exact) mass is 277 g/mol. The van der Waals surface area contributed by atoms with E-state index in [1.165, 1.54) is 6.20 Å². The number of aromatic amines is 1. The van der Waals surface area contributed by atoms with Crippen LogP contribution in [-0.2, 0) is 6.42 Å². The highest BCUT2D eigenvalue weighted by Crippen LogP contribution is 2.37. The van der Waals surface area contributed by atoms with E-state index in [9.17, 15) is 9.90 Å². The average molecular weight is 278 g/mol. The predicted molar refractivity (Wildman–Crippen MR) is 72.7 cm³/mol. The molecule has 1 aromatic heterocycles. The van der Waals surface area contributed by atoms with Gasteiger partial charge in [0, 0.05) is 0 Å². The Morgan fingerprint density at radius 2 is 2.32 bits per heavy atom. The molecule has 1 aliphatic carbocycles. The fourth-order valence-electron chi connectivity index (χ4n) is 2.40. The van der Waals surface area contributed by atoms with Gasteiger partial charge in [0.2, 0.25) is 5.95 Å². The fourth-order valence-corrected chi connectivity index (χ4v) is 2.50. The van der Waals surface area contributed by atoms with Crippen molar-refractivity contribution in [2.45, 2.75) is 18.9 Å². The van der Waals surface area contributed by atoms with E-state index in [4.69, 9.17) is 11.6 Å². The van der Waals surface area contributed by atoms with Crippen LogP contribution in [0.1, 0.15) is 23.6 Å². The summed E-state index contributed by atoms with van der Waals surface area (Å²) in [7, 11) is 0. The molecule has 19 heavy (non-hydrogen) atoms. The van der Waals surface area contributed by atoms with Crippen molar-refractivity contribution in [2.24, 2.45) is 0 Å². The highest BCUT2D eigenvalue weighted by Gasteiger charge is 2.24. The number of nitrogens with one attached hydrogen (secondary N) is 2. The maximum Gasteiger partial charge on any atom is 0.271 e. The summed E-state index contributed by atoms with van der Waals surface area (Å²) in [6.45, 7) is 0. The first-order valence-corrected chi connectivity index (χ1v) is 6.35. The second-order valence-electron chi connectivity index (χ2n) is 4.49. The summed E-state index contributed by atoms with van der Waals surface area (Å²) in [6.07, 6.45) is 2.97. The second kappa shape index (κ2) is 4.59. The van der Waals surface area contributed by atoms with E-state index in [-0.39, 0.29) is 16.6 Å². The molecule has 0 fully saturated rings. The van der Waals surface area contributed by atoms with Crippen LogP contribution in [0.25, 0.3) is 0 Å². The Hall–Kier alpha value is -2.01. The standard InChI is InChI=1S/C13H12ClN3O2/c14-9-6-15-13(17-12(9)19)16-10-5-4-8-7(10)2-1-3-11(8)18/h1-3,6,10,18H,4-5H2,(H2,15,16,17,19). The first-order valence-electron chi connectivity index (χ1n) is 5.97. The Bertz CT molecular complexity index is 684. The van der Waals surface area contributed by atoms with Gasteiger partial charge in [-0.3, -0.25) is 9.78 Å². The summed E-state index contributed by atoms with van der Waals surface area (Å²) in [5, 5.41) is 13.0. The Labute approximate surface area is 114 Å². The van der Waals surface area contributed by atoms with Crippen LogP contribution in [0.2, 0.25) is 5.02 Å². The number of phenolic OH excluding ortho intramolecular Hbond substituents is 1. The van der Waals surface area contributed by atoms with Gasteiger partial charge in [-0.1, -0.05) is 23.7 Å². The highest BCUT2D eigenvalue weighted by atomic mass is 35.5. The molecule has 0 amide bonds. The maximum absolute atomic E-state index is 11.4. The van der Waals surface area contributed by atoms with Crippen molar-refractivity contribution in [3.8, 4) is 5.75 Å². The van der Waals surface area contributed by atoms with Gasteiger partial charge in [0.05, 0.1) is 12.2 Å². The first-order chi connectivity index (χ1) is 9.15. The number of aromatic hydroxyl groups is 1. The quantitative estimate of drug-likeness (QED) is 0.787. The largest absolute Gasteiger partial charge is 0.508 e. The van der Waals surface area contributed by atoms with Gasteiger partial charge in [-0.25, -0.2) is 4.98 Å². The van der Waals surface area contributed by atoms with Crippen LogP contribution in [0, 0.1) is 0 Å². The lowest BCUT2D eigenvalue weighted by molar-refractivity contribution is 0.469. The van der Waals surface area contributed by atoms with Crippen molar-refractivity contribution >= 4 is 17.5 Å². The molecular weight excluding hydrogens is 266 g/mol. The molecule has 6 heteroatoms. The van der Waals surface area contributed by atoms with Crippen molar-refractivity contribution in [1.82, 2.24) is 9.97 Å². The number of nitrogens with zero attached hydrogens (tertiary/aromatic N) is 1. The average Bonchev–Trinajstić information content (AvgIpc) is 2.79. The molecule has 1 aromatic carbocycles. The minimum atomic E-state index is -0.367. The Morgan fingerprint density at radius 3 is 3.11 bits per heavy atom. The summed E-state index contributed by atoms with van der Waals surface area (Å²) < 4.78 is 0. The number of hydrogen-bond acceptors (Lipinski definition) is 4. The summed E-state index contributed by atoms with van der Waals surface area (Å²) in [5.41, 5.74) is 1.63. The van der Waals surface area contributed by atoms with Crippen LogP contribution in [0.4, 0.5) is 5.95 Å². The van der Waals surface area contributed by atoms with E-state index in [0.29, 0.717) is 11.7 Å². The van der Waals surface area contributed by atoms with E-state index in [2.05, 4.69) is 15.3 Å². The summed E-state index contributed by atoms with van der Waals surface area (Å²) in [5.74, 6) is 0.704. The molecule has 1 aliphatic rings. The Kier molecular flexibility index (Phi) is 2.91. The van der Waals surface area contributed by atoms with E-state index < -0.39 is 0 Å². The molecule has 98 valence electrons. The van der Waals surface area contributed by atoms with E-state index in [1.54, 1.807) is 6.07 Å². The van der Waals surface area contributed by atoms with Gasteiger partial charge in [0.15, 0.2) is 0 Å². The van der Waals surface area contributed by atoms with Crippen LogP contribution in [0.5, 0.6) is 5.75 Å². The maximum atomic E-state index is 11.4. The van der Waals surface area contributed by atoms with Crippen LogP contribution in [0.15, 0.2) is 29.2 Å². The van der Waals surface area contributed by atoms with E-state index >= 15 is 0 Å². The molecule has 1 unspecified atom stereocenters. The van der Waals surface area contributed by atoms with Crippen molar-refractivity contribution in [3.05, 3.63) is 50.9 Å². The number of anilines is 1. The van der Waals surface area contributed by atoms with Gasteiger partial charge in [0.25, 0.3) is 5.56 Å². The van der Waals surface area contributed by atoms with E-state index in [1.807, 2.05) is 12.1 Å². The number of hydrogen-bond donors (Lipinski definition) is 3. The molecule has 1 atom stereocenters. The molecule has 0 saturated carbocycles. The zero-order valence-electron chi connectivity index (χ0n) is 9.98. The second-order valence-corrected chi connectivity index (χ2v) is 4.90. The smallest absolute Gasteiger partial charge is 0.271 e. The van der Waals surface area contributed by atoms with Gasteiger partial charge in [0.1, 0.15) is 10.8 Å². The van der Waals surface area contributed by atoms with E-state index in [0.717, 1.165) is 24.0 Å². The number of phenols is 1. The summed E-state index contributed by atoms with van der Waals surface area (Å²) >= 11 is 5.63. The lowest BCUT2D eigenvalue weighted by atomic mass is 10.1. The lowest BCUT2D eigenvalue weighted by Crippen LogP contribution is -2.15. The number of halogens is 1. The number of H-pyrrole nitrogens is 1. The zero-order chi connectivity index (χ0) is 13.4. The predicted octanol–water partition coefficient (Wildman–Crippen LogP) is 2.23. The number of benzene rings is 1. The fraction of sp³-hybridized carbons (Fsp3) is 0.231. The number of aromatic nitrogens is 2. The van der Waals surface area contributed by atoms with Gasteiger partial charge in [-0.15, -0.1) is 0 Å². The zero-order valence-corrected chi connectivity index (χ0v) is 10.7. The molecule has 0 bridgehead atoms. The van der Waals surface area contributed by atoms with Crippen LogP contribution < -0.4 is 10.9 Å². The Morgan fingerprint density at radius 1 is 1.47 bits per heavy atom. The third kappa shape index (κ3) is 2.17. The molecule has 2 aromatic rings. The molecule has 3 rings (SSSR count). The van der Waals surface area contributed by atoms with Gasteiger partial charge < -0.3 is 10.4 Å². The van der Waals surface area contributed by atoms with Crippen molar-refractivity contribution in [3.63, 3.8) is 0 Å². The first kappa shape index (κ1) is 12.0. The molecule has 0 aliphatic heterocycles. The third-order valence-electron chi connectivity index (χ3n) is 3.31. The SMILES string of the molecule is O=c1[nH]c(NC2CCc3c(O)cccc32)ncc1Cl. The minimum Gasteiger partial charge on any atom is -0.508 e. The molecule has 3 N–H and O–H groups in total. The lowest BCUT2D eigenvalue weighted by Gasteiger charge is -2.14. The molecule has 5 nitrogen and oxygen atoms in total. The van der Waals surface area contributed by atoms with Crippen molar-refractivity contribution in [1.29, 1.82) is 0 Å². The molecule has 1 heterocycles. The van der Waals surface area contributed by atoms with Crippen molar-refractivity contribution in [2.75, 3.05) is 5.32 Å².